The number of rotatable bonds is 2. The first kappa shape index (κ1) is 9.24. The van der Waals surface area contributed by atoms with Crippen LogP contribution in [0, 0.1) is 24.0 Å². The molecule has 0 radical (unpaired) electrons. The number of furan rings is 1. The second-order valence-electron chi connectivity index (χ2n) is 2.53. The summed E-state index contributed by atoms with van der Waals surface area (Å²) >= 11 is 0. The van der Waals surface area contributed by atoms with Gasteiger partial charge in [-0.3, -0.25) is 10.1 Å². The van der Waals surface area contributed by atoms with E-state index in [1.165, 1.54) is 13.8 Å². The van der Waals surface area contributed by atoms with E-state index >= 15 is 0 Å². The highest BCUT2D eigenvalue weighted by atomic mass is 16.6. The molecule has 1 aromatic rings. The number of nitrogens with zero attached hydrogens (tertiary/aromatic N) is 1. The maximum atomic E-state index is 10.6. The molecule has 0 aliphatic heterocycles. The van der Waals surface area contributed by atoms with Crippen molar-refractivity contribution in [2.24, 2.45) is 0 Å². The number of carbonyl (C=O) groups is 1. The predicted octanol–water partition coefficient (Wildman–Crippen LogP) is 1.50. The first-order valence-corrected chi connectivity index (χ1v) is 3.42. The van der Waals surface area contributed by atoms with Crippen LogP contribution in [-0.4, -0.2) is 16.0 Å². The molecular weight excluding hydrogens is 178 g/mol. The van der Waals surface area contributed by atoms with Gasteiger partial charge in [0, 0.05) is 0 Å². The van der Waals surface area contributed by atoms with Gasteiger partial charge in [0.15, 0.2) is 0 Å². The molecule has 6 nitrogen and oxygen atoms in total. The Morgan fingerprint density at radius 1 is 1.54 bits per heavy atom. The zero-order chi connectivity index (χ0) is 10.2. The Bertz CT molecular complexity index is 378. The van der Waals surface area contributed by atoms with E-state index in [4.69, 9.17) is 5.11 Å². The molecule has 0 saturated heterocycles. The van der Waals surface area contributed by atoms with Crippen molar-refractivity contribution in [1.82, 2.24) is 0 Å². The van der Waals surface area contributed by atoms with E-state index in [2.05, 4.69) is 4.42 Å². The van der Waals surface area contributed by atoms with E-state index in [1.54, 1.807) is 0 Å². The molecule has 13 heavy (non-hydrogen) atoms. The van der Waals surface area contributed by atoms with Crippen LogP contribution in [0.1, 0.15) is 21.7 Å². The number of hydrogen-bond acceptors (Lipinski definition) is 4. The van der Waals surface area contributed by atoms with E-state index < -0.39 is 16.8 Å². The SMILES string of the molecule is Cc1oc([N+](=O)[O-])c(C)c1C(=O)O. The number of aromatic carboxylic acids is 1. The smallest absolute Gasteiger partial charge is 0.437 e. The highest BCUT2D eigenvalue weighted by Gasteiger charge is 2.26. The minimum absolute atomic E-state index is 0.0509. The van der Waals surface area contributed by atoms with Gasteiger partial charge in [0.25, 0.3) is 0 Å². The molecule has 1 rings (SSSR count). The van der Waals surface area contributed by atoms with Crippen molar-refractivity contribution in [1.29, 1.82) is 0 Å². The Hall–Kier alpha value is -1.85. The molecule has 70 valence electrons. The van der Waals surface area contributed by atoms with Gasteiger partial charge in [-0.2, -0.15) is 0 Å². The molecule has 0 saturated carbocycles. The van der Waals surface area contributed by atoms with E-state index in [0.717, 1.165) is 0 Å². The van der Waals surface area contributed by atoms with Crippen molar-refractivity contribution in [3.63, 3.8) is 0 Å². The van der Waals surface area contributed by atoms with E-state index in [1.807, 2.05) is 0 Å². The molecule has 0 fully saturated rings. The molecule has 0 bridgehead atoms. The molecule has 0 aromatic carbocycles. The highest BCUT2D eigenvalue weighted by molar-refractivity contribution is 5.91. The molecule has 0 amide bonds. The third kappa shape index (κ3) is 1.37. The molecule has 1 N–H and O–H groups in total. The first-order chi connectivity index (χ1) is 5.95. The lowest BCUT2D eigenvalue weighted by Gasteiger charge is -1.88. The molecule has 6 heteroatoms. The third-order valence-electron chi connectivity index (χ3n) is 1.68. The van der Waals surface area contributed by atoms with Crippen LogP contribution in [0.2, 0.25) is 0 Å². The minimum atomic E-state index is -1.22. The Kier molecular flexibility index (Phi) is 2.05. The topological polar surface area (TPSA) is 93.6 Å². The molecule has 1 heterocycles. The van der Waals surface area contributed by atoms with Crippen LogP contribution in [-0.2, 0) is 0 Å². The summed E-state index contributed by atoms with van der Waals surface area (Å²) in [4.78, 5) is 20.2. The molecule has 0 unspecified atom stereocenters. The lowest BCUT2D eigenvalue weighted by Crippen LogP contribution is -1.99. The monoisotopic (exact) mass is 185 g/mol. The number of carboxylic acid groups (broad SMARTS) is 1. The maximum absolute atomic E-state index is 10.6. The average Bonchev–Trinajstić information content (AvgIpc) is 2.26. The van der Waals surface area contributed by atoms with Crippen LogP contribution in [0.4, 0.5) is 5.88 Å². The fourth-order valence-electron chi connectivity index (χ4n) is 1.13. The second kappa shape index (κ2) is 2.89. The zero-order valence-electron chi connectivity index (χ0n) is 7.03. The summed E-state index contributed by atoms with van der Waals surface area (Å²) < 4.78 is 4.69. The number of nitro groups is 1. The standard InChI is InChI=1S/C7H7NO5/c1-3-5(7(9)10)4(2)13-6(3)8(11)12/h1-2H3,(H,9,10). The van der Waals surface area contributed by atoms with Gasteiger partial charge in [0.1, 0.15) is 16.2 Å². The summed E-state index contributed by atoms with van der Waals surface area (Å²) in [6.07, 6.45) is 0. The number of hydrogen-bond donors (Lipinski definition) is 1. The molecular formula is C7H7NO5. The van der Waals surface area contributed by atoms with Crippen molar-refractivity contribution in [3.05, 3.63) is 27.0 Å². The van der Waals surface area contributed by atoms with Crippen molar-refractivity contribution in [2.75, 3.05) is 0 Å². The Morgan fingerprint density at radius 3 is 2.31 bits per heavy atom. The van der Waals surface area contributed by atoms with Gasteiger partial charge in [-0.1, -0.05) is 0 Å². The summed E-state index contributed by atoms with van der Waals surface area (Å²) in [5.74, 6) is -1.67. The van der Waals surface area contributed by atoms with E-state index in [9.17, 15) is 14.9 Å². The van der Waals surface area contributed by atoms with Gasteiger partial charge in [0.05, 0.1) is 5.56 Å². The predicted molar refractivity (Wildman–Crippen MR) is 41.8 cm³/mol. The van der Waals surface area contributed by atoms with Crippen molar-refractivity contribution in [3.8, 4) is 0 Å². The maximum Gasteiger partial charge on any atom is 0.437 e. The van der Waals surface area contributed by atoms with Crippen molar-refractivity contribution >= 4 is 11.9 Å². The normalized spacial score (nSPS) is 10.0. The van der Waals surface area contributed by atoms with Gasteiger partial charge in [-0.25, -0.2) is 4.79 Å². The van der Waals surface area contributed by atoms with Crippen LogP contribution < -0.4 is 0 Å². The Balaban J connectivity index is 3.39. The Morgan fingerprint density at radius 2 is 2.08 bits per heavy atom. The average molecular weight is 185 g/mol. The van der Waals surface area contributed by atoms with Crippen LogP contribution in [0.5, 0.6) is 0 Å². The van der Waals surface area contributed by atoms with E-state index in [0.29, 0.717) is 0 Å². The van der Waals surface area contributed by atoms with Gasteiger partial charge < -0.3 is 9.52 Å². The quantitative estimate of drug-likeness (QED) is 0.556. The molecule has 0 spiro atoms. The summed E-state index contributed by atoms with van der Waals surface area (Å²) in [5, 5.41) is 19.0. The summed E-state index contributed by atoms with van der Waals surface area (Å²) in [7, 11) is 0. The second-order valence-corrected chi connectivity index (χ2v) is 2.53. The van der Waals surface area contributed by atoms with Gasteiger partial charge >= 0.3 is 11.9 Å². The molecule has 0 aliphatic carbocycles. The van der Waals surface area contributed by atoms with Crippen LogP contribution >= 0.6 is 0 Å². The number of carboxylic acids is 1. The first-order valence-electron chi connectivity index (χ1n) is 3.42. The highest BCUT2D eigenvalue weighted by Crippen LogP contribution is 2.27. The van der Waals surface area contributed by atoms with Gasteiger partial charge in [-0.15, -0.1) is 0 Å². The van der Waals surface area contributed by atoms with Crippen LogP contribution in [0.3, 0.4) is 0 Å². The summed E-state index contributed by atoms with van der Waals surface area (Å²) in [5.41, 5.74) is -0.0818. The lowest BCUT2D eigenvalue weighted by atomic mass is 10.1. The molecule has 1 aromatic heterocycles. The Labute approximate surface area is 72.9 Å². The number of aryl methyl sites for hydroxylation is 1. The zero-order valence-corrected chi connectivity index (χ0v) is 7.03. The fourth-order valence-corrected chi connectivity index (χ4v) is 1.13. The van der Waals surface area contributed by atoms with Crippen molar-refractivity contribution < 1.29 is 19.2 Å². The summed E-state index contributed by atoms with van der Waals surface area (Å²) in [6.45, 7) is 2.72. The third-order valence-corrected chi connectivity index (χ3v) is 1.68. The van der Waals surface area contributed by atoms with E-state index in [-0.39, 0.29) is 16.9 Å². The largest absolute Gasteiger partial charge is 0.478 e. The summed E-state index contributed by atoms with van der Waals surface area (Å²) in [6, 6.07) is 0. The van der Waals surface area contributed by atoms with Crippen molar-refractivity contribution in [2.45, 2.75) is 13.8 Å². The fraction of sp³-hybridized carbons (Fsp3) is 0.286. The van der Waals surface area contributed by atoms with Crippen LogP contribution in [0.25, 0.3) is 0 Å². The molecule has 0 aliphatic rings. The molecule has 0 atom stereocenters. The van der Waals surface area contributed by atoms with Gasteiger partial charge in [0.2, 0.25) is 0 Å². The van der Waals surface area contributed by atoms with Gasteiger partial charge in [-0.05, 0) is 13.8 Å². The van der Waals surface area contributed by atoms with Crippen LogP contribution in [0.15, 0.2) is 4.42 Å². The lowest BCUT2D eigenvalue weighted by molar-refractivity contribution is -0.402. The minimum Gasteiger partial charge on any atom is -0.478 e.